The highest BCUT2D eigenvalue weighted by atomic mass is 16.5. The molecule has 17 heavy (non-hydrogen) atoms. The summed E-state index contributed by atoms with van der Waals surface area (Å²) in [5, 5.41) is 0. The third-order valence-electron chi connectivity index (χ3n) is 2.90. The number of hydrogen-bond acceptors (Lipinski definition) is 5. The van der Waals surface area contributed by atoms with Crippen molar-refractivity contribution in [2.24, 2.45) is 5.84 Å². The van der Waals surface area contributed by atoms with E-state index >= 15 is 0 Å². The molecule has 0 spiro atoms. The molecule has 0 bridgehead atoms. The van der Waals surface area contributed by atoms with Crippen LogP contribution in [0.5, 0.6) is 0 Å². The zero-order valence-electron chi connectivity index (χ0n) is 11.0. The van der Waals surface area contributed by atoms with Crippen molar-refractivity contribution in [1.29, 1.82) is 0 Å². The SMILES string of the molecule is COC(C)(C)CCC(NN)c1ncc(C)cn1. The molecule has 0 radical (unpaired) electrons. The van der Waals surface area contributed by atoms with E-state index in [1.807, 2.05) is 6.92 Å². The molecule has 0 aliphatic carbocycles. The molecule has 0 aliphatic heterocycles. The molecule has 96 valence electrons. The lowest BCUT2D eigenvalue weighted by Gasteiger charge is -2.25. The molecule has 0 amide bonds. The van der Waals surface area contributed by atoms with Gasteiger partial charge in [-0.2, -0.15) is 0 Å². The van der Waals surface area contributed by atoms with Crippen LogP contribution in [-0.4, -0.2) is 22.7 Å². The quantitative estimate of drug-likeness (QED) is 0.580. The molecule has 1 unspecified atom stereocenters. The van der Waals surface area contributed by atoms with Crippen LogP contribution in [0.1, 0.15) is 44.1 Å². The van der Waals surface area contributed by atoms with Gasteiger partial charge in [0, 0.05) is 19.5 Å². The van der Waals surface area contributed by atoms with E-state index in [0.717, 1.165) is 24.2 Å². The second-order valence-electron chi connectivity index (χ2n) is 4.84. The van der Waals surface area contributed by atoms with Gasteiger partial charge in [-0.25, -0.2) is 15.4 Å². The van der Waals surface area contributed by atoms with Gasteiger partial charge in [-0.05, 0) is 39.2 Å². The number of nitrogens with two attached hydrogens (primary N) is 1. The van der Waals surface area contributed by atoms with Crippen LogP contribution >= 0.6 is 0 Å². The van der Waals surface area contributed by atoms with Gasteiger partial charge >= 0.3 is 0 Å². The van der Waals surface area contributed by atoms with Crippen molar-refractivity contribution in [3.8, 4) is 0 Å². The Labute approximate surface area is 103 Å². The highest BCUT2D eigenvalue weighted by Crippen LogP contribution is 2.21. The second kappa shape index (κ2) is 6.05. The maximum absolute atomic E-state index is 5.54. The van der Waals surface area contributed by atoms with Crippen molar-refractivity contribution in [2.45, 2.75) is 45.3 Å². The van der Waals surface area contributed by atoms with Crippen molar-refractivity contribution >= 4 is 0 Å². The van der Waals surface area contributed by atoms with E-state index in [-0.39, 0.29) is 11.6 Å². The molecular weight excluding hydrogens is 216 g/mol. The number of hydrogen-bond donors (Lipinski definition) is 2. The van der Waals surface area contributed by atoms with Crippen LogP contribution in [0, 0.1) is 6.92 Å². The Morgan fingerprint density at radius 3 is 2.47 bits per heavy atom. The van der Waals surface area contributed by atoms with Gasteiger partial charge in [-0.3, -0.25) is 5.84 Å². The minimum Gasteiger partial charge on any atom is -0.379 e. The average molecular weight is 238 g/mol. The molecule has 0 aliphatic rings. The Balaban J connectivity index is 2.63. The van der Waals surface area contributed by atoms with Crippen LogP contribution in [0.2, 0.25) is 0 Å². The fraction of sp³-hybridized carbons (Fsp3) is 0.667. The number of nitrogens with zero attached hydrogens (tertiary/aromatic N) is 2. The molecule has 1 heterocycles. The van der Waals surface area contributed by atoms with E-state index < -0.39 is 0 Å². The molecule has 0 saturated heterocycles. The van der Waals surface area contributed by atoms with Gasteiger partial charge in [0.05, 0.1) is 11.6 Å². The van der Waals surface area contributed by atoms with E-state index in [1.54, 1.807) is 19.5 Å². The van der Waals surface area contributed by atoms with E-state index in [1.165, 1.54) is 0 Å². The first kappa shape index (κ1) is 14.0. The molecule has 1 atom stereocenters. The minimum absolute atomic E-state index is 0.0370. The first-order valence-electron chi connectivity index (χ1n) is 5.78. The van der Waals surface area contributed by atoms with Crippen molar-refractivity contribution in [2.75, 3.05) is 7.11 Å². The largest absolute Gasteiger partial charge is 0.379 e. The number of aromatic nitrogens is 2. The number of methoxy groups -OCH3 is 1. The molecule has 0 fully saturated rings. The van der Waals surface area contributed by atoms with Gasteiger partial charge in [0.2, 0.25) is 0 Å². The van der Waals surface area contributed by atoms with Gasteiger partial charge in [0.1, 0.15) is 5.82 Å². The standard InChI is InChI=1S/C12H22N4O/c1-9-7-14-11(15-8-9)10(16-13)5-6-12(2,3)17-4/h7-8,10,16H,5-6,13H2,1-4H3. The molecule has 1 aromatic heterocycles. The van der Waals surface area contributed by atoms with Crippen molar-refractivity contribution < 1.29 is 4.74 Å². The maximum Gasteiger partial charge on any atom is 0.146 e. The van der Waals surface area contributed by atoms with E-state index in [0.29, 0.717) is 0 Å². The van der Waals surface area contributed by atoms with Gasteiger partial charge in [-0.1, -0.05) is 0 Å². The lowest BCUT2D eigenvalue weighted by molar-refractivity contribution is 0.0115. The molecular formula is C12H22N4O. The molecule has 0 aromatic carbocycles. The zero-order valence-corrected chi connectivity index (χ0v) is 11.0. The summed E-state index contributed by atoms with van der Waals surface area (Å²) in [7, 11) is 1.72. The van der Waals surface area contributed by atoms with E-state index in [2.05, 4.69) is 29.2 Å². The molecule has 0 saturated carbocycles. The number of hydrazine groups is 1. The predicted octanol–water partition coefficient (Wildman–Crippen LogP) is 1.49. The number of nitrogens with one attached hydrogen (secondary N) is 1. The third-order valence-corrected chi connectivity index (χ3v) is 2.90. The van der Waals surface area contributed by atoms with Crippen molar-refractivity contribution in [1.82, 2.24) is 15.4 Å². The smallest absolute Gasteiger partial charge is 0.146 e. The topological polar surface area (TPSA) is 73.1 Å². The van der Waals surface area contributed by atoms with E-state index in [9.17, 15) is 0 Å². The third kappa shape index (κ3) is 4.38. The van der Waals surface area contributed by atoms with Crippen molar-refractivity contribution in [3.05, 3.63) is 23.8 Å². The highest BCUT2D eigenvalue weighted by Gasteiger charge is 2.20. The van der Waals surface area contributed by atoms with Gasteiger partial charge in [-0.15, -0.1) is 0 Å². The summed E-state index contributed by atoms with van der Waals surface area (Å²) in [5.41, 5.74) is 3.64. The fourth-order valence-corrected chi connectivity index (χ4v) is 1.46. The molecule has 3 N–H and O–H groups in total. The van der Waals surface area contributed by atoms with Crippen LogP contribution < -0.4 is 11.3 Å². The first-order chi connectivity index (χ1) is 7.98. The molecule has 1 rings (SSSR count). The summed E-state index contributed by atoms with van der Waals surface area (Å²) >= 11 is 0. The lowest BCUT2D eigenvalue weighted by Crippen LogP contribution is -2.32. The van der Waals surface area contributed by atoms with Gasteiger partial charge in [0.25, 0.3) is 0 Å². The fourth-order valence-electron chi connectivity index (χ4n) is 1.46. The molecule has 5 nitrogen and oxygen atoms in total. The molecule has 1 aromatic rings. The Morgan fingerprint density at radius 2 is 2.00 bits per heavy atom. The molecule has 5 heteroatoms. The van der Waals surface area contributed by atoms with Gasteiger partial charge in [0.15, 0.2) is 0 Å². The Bertz CT molecular complexity index is 337. The van der Waals surface area contributed by atoms with Crippen LogP contribution in [0.25, 0.3) is 0 Å². The highest BCUT2D eigenvalue weighted by molar-refractivity contribution is 5.04. The van der Waals surface area contributed by atoms with Crippen molar-refractivity contribution in [3.63, 3.8) is 0 Å². The average Bonchev–Trinajstić information content (AvgIpc) is 2.32. The summed E-state index contributed by atoms with van der Waals surface area (Å²) in [6.45, 7) is 6.07. The maximum atomic E-state index is 5.54. The van der Waals surface area contributed by atoms with E-state index in [4.69, 9.17) is 10.6 Å². The normalized spacial score (nSPS) is 13.7. The Morgan fingerprint density at radius 1 is 1.41 bits per heavy atom. The van der Waals surface area contributed by atoms with Crippen LogP contribution in [0.4, 0.5) is 0 Å². The summed E-state index contributed by atoms with van der Waals surface area (Å²) in [4.78, 5) is 8.56. The Hall–Kier alpha value is -1.04. The summed E-state index contributed by atoms with van der Waals surface area (Å²) in [6, 6.07) is -0.0370. The Kier molecular flexibility index (Phi) is 4.99. The summed E-state index contributed by atoms with van der Waals surface area (Å²) in [6.07, 6.45) is 5.32. The number of aryl methyl sites for hydroxylation is 1. The van der Waals surface area contributed by atoms with Crippen LogP contribution in [0.15, 0.2) is 12.4 Å². The number of ether oxygens (including phenoxy) is 1. The van der Waals surface area contributed by atoms with Crippen LogP contribution in [0.3, 0.4) is 0 Å². The van der Waals surface area contributed by atoms with Crippen LogP contribution in [-0.2, 0) is 4.74 Å². The monoisotopic (exact) mass is 238 g/mol. The lowest BCUT2D eigenvalue weighted by atomic mass is 9.99. The second-order valence-corrected chi connectivity index (χ2v) is 4.84. The summed E-state index contributed by atoms with van der Waals surface area (Å²) in [5.74, 6) is 6.27. The summed E-state index contributed by atoms with van der Waals surface area (Å²) < 4.78 is 5.38. The number of rotatable bonds is 6. The zero-order chi connectivity index (χ0) is 12.9. The first-order valence-corrected chi connectivity index (χ1v) is 5.78. The van der Waals surface area contributed by atoms with Gasteiger partial charge < -0.3 is 4.74 Å². The minimum atomic E-state index is -0.153. The predicted molar refractivity (Wildman–Crippen MR) is 67.2 cm³/mol.